The molecule has 0 saturated heterocycles. The lowest BCUT2D eigenvalue weighted by molar-refractivity contribution is -0.137. The molecule has 1 aromatic heterocycles. The number of fused-ring (bicyclic) bond motifs is 1. The molecule has 78 valence electrons. The summed E-state index contributed by atoms with van der Waals surface area (Å²) in [6.07, 6.45) is 1.49. The molecule has 2 rings (SSSR count). The molecule has 0 bridgehead atoms. The van der Waals surface area contributed by atoms with Gasteiger partial charge in [-0.25, -0.2) is 4.39 Å². The van der Waals surface area contributed by atoms with Crippen LogP contribution in [0.4, 0.5) is 4.39 Å². The summed E-state index contributed by atoms with van der Waals surface area (Å²) in [5.41, 5.74) is 0.615. The van der Waals surface area contributed by atoms with Crippen LogP contribution in [0.25, 0.3) is 10.9 Å². The summed E-state index contributed by atoms with van der Waals surface area (Å²) < 4.78 is 14.4. The van der Waals surface area contributed by atoms with Gasteiger partial charge in [0, 0.05) is 11.6 Å². The van der Waals surface area contributed by atoms with E-state index in [9.17, 15) is 9.18 Å². The van der Waals surface area contributed by atoms with E-state index in [4.69, 9.17) is 16.7 Å². The monoisotopic (exact) mass is 227 g/mol. The number of carboxylic acid groups (broad SMARTS) is 1. The highest BCUT2D eigenvalue weighted by molar-refractivity contribution is 6.35. The third kappa shape index (κ3) is 1.80. The van der Waals surface area contributed by atoms with E-state index in [0.717, 1.165) is 0 Å². The fraction of sp³-hybridized carbons (Fsp3) is 0.100. The Balaban J connectivity index is 2.62. The van der Waals surface area contributed by atoms with E-state index in [1.165, 1.54) is 29.0 Å². The second-order valence-corrected chi connectivity index (χ2v) is 3.57. The summed E-state index contributed by atoms with van der Waals surface area (Å²) >= 11 is 5.85. The highest BCUT2D eigenvalue weighted by atomic mass is 35.5. The molecule has 3 nitrogen and oxygen atoms in total. The fourth-order valence-corrected chi connectivity index (χ4v) is 1.77. The van der Waals surface area contributed by atoms with E-state index in [2.05, 4.69) is 0 Å². The molecule has 0 unspecified atom stereocenters. The van der Waals surface area contributed by atoms with E-state index in [-0.39, 0.29) is 6.54 Å². The minimum Gasteiger partial charge on any atom is -0.480 e. The number of aliphatic carboxylic acids is 1. The van der Waals surface area contributed by atoms with Crippen LogP contribution in [0.2, 0.25) is 5.02 Å². The molecule has 0 aliphatic carbocycles. The third-order valence-corrected chi connectivity index (χ3v) is 2.40. The maximum atomic E-state index is 12.9. The summed E-state index contributed by atoms with van der Waals surface area (Å²) in [6.45, 7) is -0.186. The Labute approximate surface area is 89.7 Å². The van der Waals surface area contributed by atoms with Crippen LogP contribution in [0.3, 0.4) is 0 Å². The second kappa shape index (κ2) is 3.55. The van der Waals surface area contributed by atoms with Crippen molar-refractivity contribution in [1.29, 1.82) is 0 Å². The lowest BCUT2D eigenvalue weighted by Crippen LogP contribution is -2.07. The van der Waals surface area contributed by atoms with Crippen LogP contribution in [0.5, 0.6) is 0 Å². The first-order valence-electron chi connectivity index (χ1n) is 4.23. The van der Waals surface area contributed by atoms with Crippen molar-refractivity contribution in [3.63, 3.8) is 0 Å². The molecule has 0 fully saturated rings. The van der Waals surface area contributed by atoms with Gasteiger partial charge in [0.05, 0.1) is 10.5 Å². The van der Waals surface area contributed by atoms with Crippen LogP contribution in [-0.4, -0.2) is 15.6 Å². The first-order valence-corrected chi connectivity index (χ1v) is 4.61. The van der Waals surface area contributed by atoms with E-state index < -0.39 is 11.8 Å². The molecule has 15 heavy (non-hydrogen) atoms. The molecule has 1 aromatic carbocycles. The molecule has 1 N–H and O–H groups in total. The van der Waals surface area contributed by atoms with Gasteiger partial charge in [0.15, 0.2) is 0 Å². The fourth-order valence-electron chi connectivity index (χ4n) is 1.50. The highest BCUT2D eigenvalue weighted by Crippen LogP contribution is 2.26. The number of carbonyl (C=O) groups is 1. The van der Waals surface area contributed by atoms with Gasteiger partial charge in [-0.2, -0.15) is 0 Å². The Kier molecular flexibility index (Phi) is 2.36. The van der Waals surface area contributed by atoms with Gasteiger partial charge < -0.3 is 9.67 Å². The van der Waals surface area contributed by atoms with Crippen molar-refractivity contribution in [2.45, 2.75) is 6.54 Å². The molecular formula is C10H7ClFNO2. The van der Waals surface area contributed by atoms with Crippen molar-refractivity contribution in [1.82, 2.24) is 4.57 Å². The van der Waals surface area contributed by atoms with Crippen LogP contribution < -0.4 is 0 Å². The molecule has 0 amide bonds. The van der Waals surface area contributed by atoms with Crippen molar-refractivity contribution in [3.05, 3.63) is 35.2 Å². The number of benzene rings is 1. The van der Waals surface area contributed by atoms with Crippen molar-refractivity contribution >= 4 is 28.5 Å². The van der Waals surface area contributed by atoms with Gasteiger partial charge in [0.1, 0.15) is 12.4 Å². The number of halogens is 2. The lowest BCUT2D eigenvalue weighted by atomic mass is 10.2. The van der Waals surface area contributed by atoms with Gasteiger partial charge in [-0.1, -0.05) is 11.6 Å². The Bertz CT molecular complexity index is 535. The average Bonchev–Trinajstić information content (AvgIpc) is 2.42. The van der Waals surface area contributed by atoms with E-state index in [1.54, 1.807) is 0 Å². The number of hydrogen-bond donors (Lipinski definition) is 1. The van der Waals surface area contributed by atoms with Gasteiger partial charge in [0.25, 0.3) is 0 Å². The predicted molar refractivity (Wildman–Crippen MR) is 54.5 cm³/mol. The molecule has 0 saturated carbocycles. The summed E-state index contributed by atoms with van der Waals surface area (Å²) in [4.78, 5) is 10.6. The maximum absolute atomic E-state index is 12.9. The van der Waals surface area contributed by atoms with Crippen molar-refractivity contribution in [2.24, 2.45) is 0 Å². The Morgan fingerprint density at radius 1 is 1.53 bits per heavy atom. The molecule has 0 atom stereocenters. The van der Waals surface area contributed by atoms with Crippen LogP contribution in [0, 0.1) is 5.82 Å². The van der Waals surface area contributed by atoms with Gasteiger partial charge in [0.2, 0.25) is 0 Å². The quantitative estimate of drug-likeness (QED) is 0.857. The molecule has 5 heteroatoms. The minimum absolute atomic E-state index is 0.186. The Morgan fingerprint density at radius 3 is 2.93 bits per heavy atom. The van der Waals surface area contributed by atoms with Gasteiger partial charge in [-0.05, 0) is 18.2 Å². The van der Waals surface area contributed by atoms with Gasteiger partial charge >= 0.3 is 5.97 Å². The highest BCUT2D eigenvalue weighted by Gasteiger charge is 2.09. The minimum atomic E-state index is -0.965. The second-order valence-electron chi connectivity index (χ2n) is 3.16. The first kappa shape index (κ1) is 9.98. The van der Waals surface area contributed by atoms with Crippen LogP contribution in [0.15, 0.2) is 24.4 Å². The van der Waals surface area contributed by atoms with Gasteiger partial charge in [-0.3, -0.25) is 4.79 Å². The lowest BCUT2D eigenvalue weighted by Gasteiger charge is -2.00. The molecular weight excluding hydrogens is 221 g/mol. The van der Waals surface area contributed by atoms with E-state index >= 15 is 0 Å². The third-order valence-electron chi connectivity index (χ3n) is 2.10. The van der Waals surface area contributed by atoms with Gasteiger partial charge in [-0.15, -0.1) is 0 Å². The molecule has 2 aromatic rings. The molecule has 0 aliphatic heterocycles. The topological polar surface area (TPSA) is 42.2 Å². The summed E-state index contributed by atoms with van der Waals surface area (Å²) in [6, 6.07) is 4.08. The van der Waals surface area contributed by atoms with Crippen LogP contribution in [0.1, 0.15) is 0 Å². The number of hydrogen-bond acceptors (Lipinski definition) is 1. The number of nitrogens with zero attached hydrogens (tertiary/aromatic N) is 1. The summed E-state index contributed by atoms with van der Waals surface area (Å²) in [5, 5.41) is 9.53. The largest absolute Gasteiger partial charge is 0.480 e. The van der Waals surface area contributed by atoms with Crippen LogP contribution >= 0.6 is 11.6 Å². The predicted octanol–water partition coefficient (Wildman–Crippen LogP) is 2.52. The Morgan fingerprint density at radius 2 is 2.27 bits per heavy atom. The first-order chi connectivity index (χ1) is 7.08. The zero-order chi connectivity index (χ0) is 11.0. The summed E-state index contributed by atoms with van der Waals surface area (Å²) in [5.74, 6) is -1.36. The number of carboxylic acids is 1. The molecule has 0 aliphatic rings. The maximum Gasteiger partial charge on any atom is 0.323 e. The molecule has 0 spiro atoms. The van der Waals surface area contributed by atoms with Crippen LogP contribution in [-0.2, 0) is 11.3 Å². The average molecular weight is 228 g/mol. The molecule has 0 radical (unpaired) electrons. The number of rotatable bonds is 2. The smallest absolute Gasteiger partial charge is 0.323 e. The summed E-state index contributed by atoms with van der Waals surface area (Å²) in [7, 11) is 0. The van der Waals surface area contributed by atoms with E-state index in [0.29, 0.717) is 15.9 Å². The SMILES string of the molecule is O=C(O)Cn1cc(Cl)c2cc(F)ccc21. The van der Waals surface area contributed by atoms with Crippen molar-refractivity contribution in [2.75, 3.05) is 0 Å². The normalized spacial score (nSPS) is 10.8. The zero-order valence-electron chi connectivity index (χ0n) is 7.58. The zero-order valence-corrected chi connectivity index (χ0v) is 8.33. The number of aromatic nitrogens is 1. The standard InChI is InChI=1S/C10H7ClFNO2/c11-8-4-13(5-10(14)15)9-2-1-6(12)3-7(8)9/h1-4H,5H2,(H,14,15). The van der Waals surface area contributed by atoms with Crippen molar-refractivity contribution in [3.8, 4) is 0 Å². The Hall–Kier alpha value is -1.55. The molecule has 1 heterocycles. The van der Waals surface area contributed by atoms with Crippen molar-refractivity contribution < 1.29 is 14.3 Å². The van der Waals surface area contributed by atoms with E-state index in [1.807, 2.05) is 0 Å².